The van der Waals surface area contributed by atoms with Crippen molar-refractivity contribution in [2.24, 2.45) is 23.7 Å². The molecule has 4 aromatic carbocycles. The van der Waals surface area contributed by atoms with Crippen LogP contribution in [0.4, 0.5) is 0 Å². The van der Waals surface area contributed by atoms with Crippen molar-refractivity contribution in [3.05, 3.63) is 119 Å². The van der Waals surface area contributed by atoms with Crippen molar-refractivity contribution >= 4 is 7.74 Å². The molecule has 0 aliphatic heterocycles. The Morgan fingerprint density at radius 3 is 0.892 bits per heavy atom. The van der Waals surface area contributed by atoms with Gasteiger partial charge in [0.1, 0.15) is 0 Å². The molecule has 0 radical (unpaired) electrons. The average molecular weight is 957 g/mol. The molecule has 0 bridgehead atoms. The molecular weight excluding hydrogens is 864 g/mol. The van der Waals surface area contributed by atoms with E-state index in [0.717, 1.165) is 118 Å². The zero-order valence-corrected chi connectivity index (χ0v) is 45.9. The summed E-state index contributed by atoms with van der Waals surface area (Å²) in [5, 5.41) is 0. The first kappa shape index (κ1) is 57.0. The van der Waals surface area contributed by atoms with Gasteiger partial charge in [0, 0.05) is 21.7 Å². The van der Waals surface area contributed by atoms with Crippen LogP contribution in [0.1, 0.15) is 206 Å². The minimum atomic E-state index is -6.39. The smallest absolute Gasteiger partial charge is 0 e. The molecule has 0 spiro atoms. The minimum Gasteiger partial charge on any atom is 0 e. The van der Waals surface area contributed by atoms with Gasteiger partial charge in [-0.25, -0.2) is 0 Å². The predicted molar refractivity (Wildman–Crippen MR) is 273 cm³/mol. The zero-order chi connectivity index (χ0) is 46.1. The molecule has 0 aliphatic carbocycles. The van der Waals surface area contributed by atoms with Crippen molar-refractivity contribution in [1.82, 2.24) is 0 Å². The van der Waals surface area contributed by atoms with E-state index in [1.54, 1.807) is 0 Å². The summed E-state index contributed by atoms with van der Waals surface area (Å²) in [5.41, 5.74) is 4.40. The molecule has 0 atom stereocenters. The van der Waals surface area contributed by atoms with E-state index in [4.69, 9.17) is 6.64 Å². The number of unbranched alkanes of at least 4 members (excludes halogenated alkanes) is 12. The molecular formula is C60H92O3Ti2. The third kappa shape index (κ3) is 19.7. The van der Waals surface area contributed by atoms with Crippen LogP contribution in [-0.4, -0.2) is 0 Å². The van der Waals surface area contributed by atoms with Crippen molar-refractivity contribution in [2.45, 2.75) is 209 Å². The van der Waals surface area contributed by atoms with Crippen LogP contribution in [0.15, 0.2) is 97.1 Å². The first-order chi connectivity index (χ1) is 30.9. The van der Waals surface area contributed by atoms with Gasteiger partial charge >= 0.3 is 398 Å². The van der Waals surface area contributed by atoms with E-state index in [1.165, 1.54) is 89.9 Å². The van der Waals surface area contributed by atoms with E-state index in [9.17, 15) is 0 Å². The maximum absolute atomic E-state index is 18.1. The van der Waals surface area contributed by atoms with Gasteiger partial charge in [0.2, 0.25) is 0 Å². The van der Waals surface area contributed by atoms with Gasteiger partial charge in [-0.3, -0.25) is 0 Å². The monoisotopic (exact) mass is 957 g/mol. The second-order valence-corrected chi connectivity index (χ2v) is 26.5. The van der Waals surface area contributed by atoms with E-state index in [1.807, 2.05) is 0 Å². The maximum Gasteiger partial charge on any atom is 0 e. The fourth-order valence-electron chi connectivity index (χ4n) is 9.61. The Morgan fingerprint density at radius 1 is 0.338 bits per heavy atom. The quantitative estimate of drug-likeness (QED) is 0.0346. The second kappa shape index (κ2) is 31.0. The van der Waals surface area contributed by atoms with Crippen molar-refractivity contribution in [3.8, 4) is 11.5 Å². The Labute approximate surface area is 416 Å². The predicted octanol–water partition coefficient (Wildman–Crippen LogP) is 17.3. The first-order valence-corrected chi connectivity index (χ1v) is 30.0. The van der Waals surface area contributed by atoms with Crippen LogP contribution < -0.4 is 14.4 Å². The Morgan fingerprint density at radius 2 is 0.585 bits per heavy atom. The molecule has 0 saturated heterocycles. The molecule has 65 heavy (non-hydrogen) atoms. The molecule has 0 fully saturated rings. The zero-order valence-electron chi connectivity index (χ0n) is 42.7. The molecule has 4 aromatic rings. The molecule has 5 heteroatoms. The molecule has 4 rings (SSSR count). The summed E-state index contributed by atoms with van der Waals surface area (Å²) in [5.74, 6) is 4.33. The number of hydrogen-bond acceptors (Lipinski definition) is 3. The summed E-state index contributed by atoms with van der Waals surface area (Å²) in [6.07, 6.45) is 27.3. The number of para-hydroxylation sites is 2. The van der Waals surface area contributed by atoms with Gasteiger partial charge in [0.05, 0.1) is 0 Å². The third-order valence-corrected chi connectivity index (χ3v) is 19.7. The average Bonchev–Trinajstić information content (AvgIpc) is 3.26. The SMILES string of the molecule is CC(C)CCCCCCc1ccccc1[O][Ti](=[O])([O]c1ccccc1CCCCCCC(C)C)([c]1ccccc1CCCCCCC(C)C)[c]1ccccc1CCCCCCC(C)C.[Ti]. The Bertz CT molecular complexity index is 1810. The van der Waals surface area contributed by atoms with Gasteiger partial charge in [-0.1, -0.05) is 0 Å². The fraction of sp³-hybridized carbons (Fsp3) is 0.600. The van der Waals surface area contributed by atoms with Crippen molar-refractivity contribution in [2.75, 3.05) is 0 Å². The van der Waals surface area contributed by atoms with Crippen molar-refractivity contribution < 1.29 is 47.7 Å². The third-order valence-electron chi connectivity index (χ3n) is 13.4. The second-order valence-electron chi connectivity index (χ2n) is 21.1. The molecule has 0 N–H and O–H groups in total. The molecule has 0 aliphatic rings. The topological polar surface area (TPSA) is 35.5 Å². The van der Waals surface area contributed by atoms with Crippen LogP contribution in [-0.2, 0) is 66.8 Å². The molecule has 0 heterocycles. The van der Waals surface area contributed by atoms with E-state index < -0.39 is 16.1 Å². The van der Waals surface area contributed by atoms with Gasteiger partial charge in [0.15, 0.2) is 0 Å². The van der Waals surface area contributed by atoms with Crippen LogP contribution in [0.2, 0.25) is 0 Å². The Hall–Kier alpha value is -2.29. The normalized spacial score (nSPS) is 12.1. The van der Waals surface area contributed by atoms with E-state index in [-0.39, 0.29) is 21.7 Å². The summed E-state index contributed by atoms with van der Waals surface area (Å²) in [6.45, 7) is 18.5. The standard InChI is InChI=1S/2C15H24O.2C15H23.O.2Ti/c2*1-13(2)9-5-3-4-6-10-14-11-7-8-12-15(14)16;2*1-14(2)10-6-3-4-7-11-15-12-8-5-9-13-15;;;/h2*7-8,11-13,16H,3-6,9-10H2,1-2H3;2*5,8-9,12,14H,3-4,6-7,10-11H2,1-2H3;;;/q;;;;;;+2/p-2. The molecule has 358 valence electrons. The molecule has 0 aromatic heterocycles. The number of hydrogen-bond donors (Lipinski definition) is 0. The molecule has 0 saturated carbocycles. The first-order valence-electron chi connectivity index (χ1n) is 26.5. The summed E-state index contributed by atoms with van der Waals surface area (Å²) in [6, 6.07) is 33.9. The summed E-state index contributed by atoms with van der Waals surface area (Å²) >= 11 is -6.39. The fourth-order valence-corrected chi connectivity index (χ4v) is 16.3. The van der Waals surface area contributed by atoms with Crippen LogP contribution in [0.5, 0.6) is 11.5 Å². The van der Waals surface area contributed by atoms with E-state index in [0.29, 0.717) is 11.5 Å². The van der Waals surface area contributed by atoms with Crippen LogP contribution in [0.3, 0.4) is 0 Å². The van der Waals surface area contributed by atoms with Gasteiger partial charge in [-0.15, -0.1) is 0 Å². The molecule has 3 nitrogen and oxygen atoms in total. The van der Waals surface area contributed by atoms with Crippen LogP contribution in [0, 0.1) is 23.7 Å². The Kier molecular flexibility index (Phi) is 27.2. The van der Waals surface area contributed by atoms with Gasteiger partial charge in [-0.2, -0.15) is 0 Å². The van der Waals surface area contributed by atoms with Gasteiger partial charge < -0.3 is 0 Å². The molecule has 0 amide bonds. The number of benzene rings is 4. The van der Waals surface area contributed by atoms with Crippen LogP contribution >= 0.6 is 0 Å². The van der Waals surface area contributed by atoms with Gasteiger partial charge in [-0.05, 0) is 0 Å². The van der Waals surface area contributed by atoms with E-state index in [2.05, 4.69) is 152 Å². The largest absolute Gasteiger partial charge is 0 e. The Balaban J connectivity index is 0.0000112. The van der Waals surface area contributed by atoms with Crippen molar-refractivity contribution in [3.63, 3.8) is 0 Å². The summed E-state index contributed by atoms with van der Waals surface area (Å²) < 4.78 is 35.0. The maximum atomic E-state index is 18.1. The minimum absolute atomic E-state index is 0. The molecule has 0 unspecified atom stereocenters. The van der Waals surface area contributed by atoms with E-state index >= 15 is 3.32 Å². The number of aryl methyl sites for hydroxylation is 4. The summed E-state index contributed by atoms with van der Waals surface area (Å²) in [4.78, 5) is 0. The van der Waals surface area contributed by atoms with Crippen LogP contribution in [0.25, 0.3) is 0 Å². The van der Waals surface area contributed by atoms with Gasteiger partial charge in [0.25, 0.3) is 0 Å². The summed E-state index contributed by atoms with van der Waals surface area (Å²) in [7, 11) is 0. The number of rotatable bonds is 34. The van der Waals surface area contributed by atoms with Crippen molar-refractivity contribution in [1.29, 1.82) is 0 Å².